The molecule has 158 valence electrons. The summed E-state index contributed by atoms with van der Waals surface area (Å²) in [5.41, 5.74) is 7.34. The predicted molar refractivity (Wildman–Crippen MR) is 114 cm³/mol. The molecule has 1 aliphatic rings. The molecule has 2 aromatic carbocycles. The quantitative estimate of drug-likeness (QED) is 0.684. The van der Waals surface area contributed by atoms with Gasteiger partial charge in [0, 0.05) is 25.6 Å². The molecule has 2 aromatic rings. The first-order valence-electron chi connectivity index (χ1n) is 10.1. The van der Waals surface area contributed by atoms with E-state index in [-0.39, 0.29) is 30.9 Å². The number of primary amides is 1. The SMILES string of the molecule is C[C@@H](NCC(=O)N1CCN(CC(N)=O)C(=O)[C@H]1Cc1ccccc1)c1ccccc1. The highest BCUT2D eigenvalue weighted by Gasteiger charge is 2.37. The van der Waals surface area contributed by atoms with Gasteiger partial charge in [-0.3, -0.25) is 14.4 Å². The Morgan fingerprint density at radius 2 is 1.70 bits per heavy atom. The van der Waals surface area contributed by atoms with Crippen LogP contribution in [-0.4, -0.2) is 59.7 Å². The van der Waals surface area contributed by atoms with E-state index in [1.807, 2.05) is 67.6 Å². The third-order valence-corrected chi connectivity index (χ3v) is 5.38. The number of hydrogen-bond acceptors (Lipinski definition) is 4. The molecule has 0 radical (unpaired) electrons. The first kappa shape index (κ1) is 21.5. The van der Waals surface area contributed by atoms with E-state index in [0.29, 0.717) is 19.5 Å². The van der Waals surface area contributed by atoms with Crippen LogP contribution in [0.25, 0.3) is 0 Å². The number of nitrogens with zero attached hydrogens (tertiary/aromatic N) is 2. The first-order valence-corrected chi connectivity index (χ1v) is 10.1. The van der Waals surface area contributed by atoms with Crippen molar-refractivity contribution in [2.75, 3.05) is 26.2 Å². The topological polar surface area (TPSA) is 95.7 Å². The number of benzene rings is 2. The van der Waals surface area contributed by atoms with Crippen molar-refractivity contribution >= 4 is 17.7 Å². The van der Waals surface area contributed by atoms with Crippen LogP contribution >= 0.6 is 0 Å². The summed E-state index contributed by atoms with van der Waals surface area (Å²) in [6.07, 6.45) is 0.398. The summed E-state index contributed by atoms with van der Waals surface area (Å²) in [4.78, 5) is 40.5. The molecule has 1 fully saturated rings. The van der Waals surface area contributed by atoms with Gasteiger partial charge >= 0.3 is 0 Å². The molecule has 3 amide bonds. The van der Waals surface area contributed by atoms with Crippen LogP contribution in [-0.2, 0) is 20.8 Å². The van der Waals surface area contributed by atoms with Gasteiger partial charge in [-0.1, -0.05) is 60.7 Å². The van der Waals surface area contributed by atoms with Crippen LogP contribution in [0.5, 0.6) is 0 Å². The van der Waals surface area contributed by atoms with Crippen LogP contribution in [0, 0.1) is 0 Å². The Morgan fingerprint density at radius 3 is 2.33 bits per heavy atom. The van der Waals surface area contributed by atoms with Crippen molar-refractivity contribution in [3.63, 3.8) is 0 Å². The second kappa shape index (κ2) is 10.0. The molecule has 0 bridgehead atoms. The van der Waals surface area contributed by atoms with Crippen molar-refractivity contribution in [2.24, 2.45) is 5.73 Å². The van der Waals surface area contributed by atoms with E-state index in [1.54, 1.807) is 4.90 Å². The van der Waals surface area contributed by atoms with Crippen molar-refractivity contribution in [3.05, 3.63) is 71.8 Å². The molecular weight excluding hydrogens is 380 g/mol. The molecule has 3 rings (SSSR count). The third kappa shape index (κ3) is 5.45. The maximum absolute atomic E-state index is 13.0. The molecule has 0 spiro atoms. The van der Waals surface area contributed by atoms with Crippen molar-refractivity contribution in [1.29, 1.82) is 0 Å². The van der Waals surface area contributed by atoms with Crippen molar-refractivity contribution in [3.8, 4) is 0 Å². The van der Waals surface area contributed by atoms with Gasteiger partial charge in [0.05, 0.1) is 13.1 Å². The standard InChI is InChI=1S/C23H28N4O3/c1-17(19-10-6-3-7-11-19)25-15-22(29)27-13-12-26(16-21(24)28)23(30)20(27)14-18-8-4-2-5-9-18/h2-11,17,20,25H,12-16H2,1H3,(H2,24,28)/t17-,20-/m1/s1. The Balaban J connectivity index is 1.70. The molecule has 0 aromatic heterocycles. The number of nitrogens with one attached hydrogen (secondary N) is 1. The number of amides is 3. The van der Waals surface area contributed by atoms with Crippen LogP contribution in [0.1, 0.15) is 24.1 Å². The molecule has 7 nitrogen and oxygen atoms in total. The molecule has 3 N–H and O–H groups in total. The summed E-state index contributed by atoms with van der Waals surface area (Å²) < 4.78 is 0. The lowest BCUT2D eigenvalue weighted by Gasteiger charge is -2.40. The molecule has 1 heterocycles. The Hall–Kier alpha value is -3.19. The van der Waals surface area contributed by atoms with E-state index in [9.17, 15) is 14.4 Å². The Bertz CT molecular complexity index is 873. The van der Waals surface area contributed by atoms with E-state index in [2.05, 4.69) is 5.32 Å². The zero-order valence-electron chi connectivity index (χ0n) is 17.2. The average molecular weight is 409 g/mol. The number of hydrogen-bond donors (Lipinski definition) is 2. The van der Waals surface area contributed by atoms with E-state index < -0.39 is 11.9 Å². The van der Waals surface area contributed by atoms with Crippen LogP contribution in [0.4, 0.5) is 0 Å². The number of carbonyl (C=O) groups excluding carboxylic acids is 3. The highest BCUT2D eigenvalue weighted by atomic mass is 16.2. The number of carbonyl (C=O) groups is 3. The Morgan fingerprint density at radius 1 is 1.07 bits per heavy atom. The highest BCUT2D eigenvalue weighted by molar-refractivity contribution is 5.92. The van der Waals surface area contributed by atoms with Gasteiger partial charge in [-0.25, -0.2) is 0 Å². The normalized spacial score (nSPS) is 17.6. The van der Waals surface area contributed by atoms with Crippen LogP contribution in [0.2, 0.25) is 0 Å². The lowest BCUT2D eigenvalue weighted by Crippen LogP contribution is -2.61. The number of nitrogens with two attached hydrogens (primary N) is 1. The first-order chi connectivity index (χ1) is 14.5. The van der Waals surface area contributed by atoms with Gasteiger partial charge in [0.1, 0.15) is 6.04 Å². The van der Waals surface area contributed by atoms with Gasteiger partial charge in [0.25, 0.3) is 0 Å². The molecular formula is C23H28N4O3. The lowest BCUT2D eigenvalue weighted by molar-refractivity contribution is -0.152. The van der Waals surface area contributed by atoms with Crippen molar-refractivity contribution in [2.45, 2.75) is 25.4 Å². The van der Waals surface area contributed by atoms with Crippen LogP contribution in [0.3, 0.4) is 0 Å². The average Bonchev–Trinajstić information content (AvgIpc) is 2.75. The molecule has 1 saturated heterocycles. The van der Waals surface area contributed by atoms with Crippen molar-refractivity contribution in [1.82, 2.24) is 15.1 Å². The van der Waals surface area contributed by atoms with Crippen molar-refractivity contribution < 1.29 is 14.4 Å². The zero-order chi connectivity index (χ0) is 21.5. The van der Waals surface area contributed by atoms with Gasteiger partial charge in [0.15, 0.2) is 0 Å². The summed E-state index contributed by atoms with van der Waals surface area (Å²) in [5, 5.41) is 3.25. The summed E-state index contributed by atoms with van der Waals surface area (Å²) in [6, 6.07) is 18.8. The minimum Gasteiger partial charge on any atom is -0.368 e. The maximum Gasteiger partial charge on any atom is 0.246 e. The monoisotopic (exact) mass is 408 g/mol. The fraction of sp³-hybridized carbons (Fsp3) is 0.348. The van der Waals surface area contributed by atoms with E-state index in [4.69, 9.17) is 5.73 Å². The fourth-order valence-electron chi connectivity index (χ4n) is 3.72. The summed E-state index contributed by atoms with van der Waals surface area (Å²) in [5.74, 6) is -0.931. The summed E-state index contributed by atoms with van der Waals surface area (Å²) >= 11 is 0. The molecule has 0 saturated carbocycles. The van der Waals surface area contributed by atoms with E-state index in [0.717, 1.165) is 11.1 Å². The summed E-state index contributed by atoms with van der Waals surface area (Å²) in [7, 11) is 0. The molecule has 7 heteroatoms. The van der Waals surface area contributed by atoms with E-state index >= 15 is 0 Å². The molecule has 0 aliphatic carbocycles. The highest BCUT2D eigenvalue weighted by Crippen LogP contribution is 2.17. The lowest BCUT2D eigenvalue weighted by atomic mass is 10.0. The van der Waals surface area contributed by atoms with Gasteiger partial charge in [0.2, 0.25) is 17.7 Å². The minimum absolute atomic E-state index is 0.00887. The second-order valence-corrected chi connectivity index (χ2v) is 7.53. The molecule has 0 unspecified atom stereocenters. The predicted octanol–water partition coefficient (Wildman–Crippen LogP) is 1.10. The minimum atomic E-state index is -0.651. The molecule has 30 heavy (non-hydrogen) atoms. The molecule has 2 atom stereocenters. The fourth-order valence-corrected chi connectivity index (χ4v) is 3.72. The smallest absolute Gasteiger partial charge is 0.246 e. The van der Waals surface area contributed by atoms with Gasteiger partial charge in [-0.15, -0.1) is 0 Å². The zero-order valence-corrected chi connectivity index (χ0v) is 17.2. The third-order valence-electron chi connectivity index (χ3n) is 5.38. The van der Waals surface area contributed by atoms with Gasteiger partial charge < -0.3 is 20.9 Å². The largest absolute Gasteiger partial charge is 0.368 e. The number of piperazine rings is 1. The van der Waals surface area contributed by atoms with Gasteiger partial charge in [-0.2, -0.15) is 0 Å². The van der Waals surface area contributed by atoms with Crippen LogP contribution in [0.15, 0.2) is 60.7 Å². The molecule has 1 aliphatic heterocycles. The Labute approximate surface area is 176 Å². The maximum atomic E-state index is 13.0. The van der Waals surface area contributed by atoms with Gasteiger partial charge in [-0.05, 0) is 18.1 Å². The summed E-state index contributed by atoms with van der Waals surface area (Å²) in [6.45, 7) is 2.67. The van der Waals surface area contributed by atoms with Crippen LogP contribution < -0.4 is 11.1 Å². The van der Waals surface area contributed by atoms with E-state index in [1.165, 1.54) is 4.90 Å². The second-order valence-electron chi connectivity index (χ2n) is 7.53. The number of rotatable bonds is 8. The Kier molecular flexibility index (Phi) is 7.19.